The molecule has 136 valence electrons. The summed E-state index contributed by atoms with van der Waals surface area (Å²) in [5.41, 5.74) is 1.66. The minimum atomic E-state index is 0.0210. The average molecular weight is 360 g/mol. The lowest BCUT2D eigenvalue weighted by molar-refractivity contribution is 0.0611. The van der Waals surface area contributed by atoms with Gasteiger partial charge < -0.3 is 10.2 Å². The molecule has 0 spiro atoms. The lowest BCUT2D eigenvalue weighted by atomic mass is 9.95. The molecule has 7 nitrogen and oxygen atoms in total. The molecule has 1 saturated heterocycles. The third-order valence-electron chi connectivity index (χ3n) is 4.65. The van der Waals surface area contributed by atoms with Crippen molar-refractivity contribution in [3.05, 3.63) is 72.4 Å². The van der Waals surface area contributed by atoms with Crippen LogP contribution in [0.25, 0.3) is 0 Å². The SMILES string of the molecule is O=C(c1cccnc1)N1CCCCC1c1ccc(Nc2ncccn2)nc1. The largest absolute Gasteiger partial charge is 0.332 e. The van der Waals surface area contributed by atoms with Crippen molar-refractivity contribution in [2.75, 3.05) is 11.9 Å². The molecule has 0 aliphatic carbocycles. The number of nitrogens with zero attached hydrogens (tertiary/aromatic N) is 5. The number of rotatable bonds is 4. The smallest absolute Gasteiger partial charge is 0.255 e. The minimum absolute atomic E-state index is 0.0210. The van der Waals surface area contributed by atoms with E-state index in [1.807, 2.05) is 29.3 Å². The van der Waals surface area contributed by atoms with Crippen LogP contribution in [0.3, 0.4) is 0 Å². The second-order valence-electron chi connectivity index (χ2n) is 6.43. The molecule has 3 aromatic heterocycles. The van der Waals surface area contributed by atoms with Crippen LogP contribution in [0.4, 0.5) is 11.8 Å². The van der Waals surface area contributed by atoms with Gasteiger partial charge in [0.05, 0.1) is 11.6 Å². The fraction of sp³-hybridized carbons (Fsp3) is 0.250. The van der Waals surface area contributed by atoms with Crippen LogP contribution in [-0.4, -0.2) is 37.3 Å². The van der Waals surface area contributed by atoms with Crippen LogP contribution < -0.4 is 5.32 Å². The predicted octanol–water partition coefficient (Wildman–Crippen LogP) is 3.38. The molecule has 7 heteroatoms. The van der Waals surface area contributed by atoms with Crippen molar-refractivity contribution in [2.45, 2.75) is 25.3 Å². The summed E-state index contributed by atoms with van der Waals surface area (Å²) in [4.78, 5) is 31.7. The zero-order valence-corrected chi connectivity index (χ0v) is 14.8. The molecular weight excluding hydrogens is 340 g/mol. The predicted molar refractivity (Wildman–Crippen MR) is 101 cm³/mol. The summed E-state index contributed by atoms with van der Waals surface area (Å²) in [6.45, 7) is 0.746. The number of carbonyl (C=O) groups excluding carboxylic acids is 1. The summed E-state index contributed by atoms with van der Waals surface area (Å²) in [6.07, 6.45) is 11.5. The second-order valence-corrected chi connectivity index (χ2v) is 6.43. The first-order valence-electron chi connectivity index (χ1n) is 9.02. The summed E-state index contributed by atoms with van der Waals surface area (Å²) in [6, 6.07) is 9.30. The van der Waals surface area contributed by atoms with Gasteiger partial charge in [-0.25, -0.2) is 15.0 Å². The number of hydrogen-bond donors (Lipinski definition) is 1. The van der Waals surface area contributed by atoms with E-state index in [1.165, 1.54) is 0 Å². The van der Waals surface area contributed by atoms with Gasteiger partial charge in [0, 0.05) is 37.5 Å². The van der Waals surface area contributed by atoms with E-state index in [0.717, 1.165) is 31.4 Å². The van der Waals surface area contributed by atoms with Crippen LogP contribution in [0.1, 0.15) is 41.2 Å². The Hall–Kier alpha value is -3.35. The Kier molecular flexibility index (Phi) is 5.00. The van der Waals surface area contributed by atoms with E-state index in [1.54, 1.807) is 36.9 Å². The van der Waals surface area contributed by atoms with Crippen LogP contribution in [0.15, 0.2) is 61.3 Å². The Balaban J connectivity index is 1.52. The van der Waals surface area contributed by atoms with E-state index in [4.69, 9.17) is 0 Å². The quantitative estimate of drug-likeness (QED) is 0.768. The van der Waals surface area contributed by atoms with Gasteiger partial charge in [-0.1, -0.05) is 6.07 Å². The topological polar surface area (TPSA) is 83.9 Å². The number of piperidine rings is 1. The summed E-state index contributed by atoms with van der Waals surface area (Å²) in [5, 5.41) is 3.07. The number of nitrogens with one attached hydrogen (secondary N) is 1. The van der Waals surface area contributed by atoms with Gasteiger partial charge in [0.25, 0.3) is 5.91 Å². The van der Waals surface area contributed by atoms with Gasteiger partial charge >= 0.3 is 0 Å². The Bertz CT molecular complexity index is 885. The molecule has 1 aliphatic rings. The first-order valence-corrected chi connectivity index (χ1v) is 9.02. The molecule has 0 radical (unpaired) electrons. The van der Waals surface area contributed by atoms with Crippen LogP contribution in [0.2, 0.25) is 0 Å². The zero-order valence-electron chi connectivity index (χ0n) is 14.8. The number of anilines is 2. The number of carbonyl (C=O) groups is 1. The van der Waals surface area contributed by atoms with Crippen molar-refractivity contribution >= 4 is 17.7 Å². The third-order valence-corrected chi connectivity index (χ3v) is 4.65. The molecule has 1 atom stereocenters. The summed E-state index contributed by atoms with van der Waals surface area (Å²) >= 11 is 0. The molecular formula is C20H20N6O. The van der Waals surface area contributed by atoms with Crippen molar-refractivity contribution in [2.24, 2.45) is 0 Å². The highest BCUT2D eigenvalue weighted by molar-refractivity contribution is 5.94. The number of pyridine rings is 2. The number of aromatic nitrogens is 4. The van der Waals surface area contributed by atoms with Gasteiger partial charge in [0.2, 0.25) is 5.95 Å². The monoisotopic (exact) mass is 360 g/mol. The first-order chi connectivity index (χ1) is 13.3. The molecule has 0 bridgehead atoms. The van der Waals surface area contributed by atoms with Gasteiger partial charge in [-0.15, -0.1) is 0 Å². The first kappa shape index (κ1) is 17.1. The van der Waals surface area contributed by atoms with E-state index in [9.17, 15) is 4.79 Å². The summed E-state index contributed by atoms with van der Waals surface area (Å²) in [5.74, 6) is 1.20. The summed E-state index contributed by atoms with van der Waals surface area (Å²) < 4.78 is 0. The van der Waals surface area contributed by atoms with Crippen molar-refractivity contribution < 1.29 is 4.79 Å². The molecule has 1 amide bonds. The Morgan fingerprint density at radius 1 is 1.00 bits per heavy atom. The van der Waals surface area contributed by atoms with E-state index < -0.39 is 0 Å². The Morgan fingerprint density at radius 3 is 2.63 bits per heavy atom. The van der Waals surface area contributed by atoms with Crippen molar-refractivity contribution in [1.82, 2.24) is 24.8 Å². The molecule has 1 unspecified atom stereocenters. The Morgan fingerprint density at radius 2 is 1.89 bits per heavy atom. The molecule has 4 heterocycles. The van der Waals surface area contributed by atoms with Gasteiger partial charge in [-0.2, -0.15) is 0 Å². The van der Waals surface area contributed by atoms with Gasteiger partial charge in [0.15, 0.2) is 0 Å². The van der Waals surface area contributed by atoms with Crippen molar-refractivity contribution in [3.8, 4) is 0 Å². The molecule has 1 N–H and O–H groups in total. The van der Waals surface area contributed by atoms with Gasteiger partial charge in [-0.3, -0.25) is 9.78 Å². The highest BCUT2D eigenvalue weighted by Gasteiger charge is 2.29. The van der Waals surface area contributed by atoms with E-state index >= 15 is 0 Å². The number of amides is 1. The second kappa shape index (κ2) is 7.90. The molecule has 1 aliphatic heterocycles. The molecule has 0 aromatic carbocycles. The third kappa shape index (κ3) is 3.92. The normalized spacial score (nSPS) is 16.7. The maximum Gasteiger partial charge on any atom is 0.255 e. The number of likely N-dealkylation sites (tertiary alicyclic amines) is 1. The fourth-order valence-electron chi connectivity index (χ4n) is 3.33. The standard InChI is InChI=1S/C20H20N6O/c27-19(16-5-3-9-21-13-16)26-12-2-1-6-17(26)15-7-8-18(24-14-15)25-20-22-10-4-11-23-20/h3-5,7-11,13-14,17H,1-2,6,12H2,(H,22,23,24,25). The fourth-order valence-corrected chi connectivity index (χ4v) is 3.33. The van der Waals surface area contributed by atoms with Crippen LogP contribution in [0, 0.1) is 0 Å². The highest BCUT2D eigenvalue weighted by Crippen LogP contribution is 2.32. The van der Waals surface area contributed by atoms with Crippen molar-refractivity contribution in [1.29, 1.82) is 0 Å². The van der Waals surface area contributed by atoms with Crippen LogP contribution in [-0.2, 0) is 0 Å². The maximum absolute atomic E-state index is 12.9. The average Bonchev–Trinajstić information content (AvgIpc) is 2.75. The Labute approximate surface area is 157 Å². The lowest BCUT2D eigenvalue weighted by Crippen LogP contribution is -2.38. The van der Waals surface area contributed by atoms with E-state index in [-0.39, 0.29) is 11.9 Å². The van der Waals surface area contributed by atoms with E-state index in [0.29, 0.717) is 17.3 Å². The molecule has 1 fully saturated rings. The van der Waals surface area contributed by atoms with Crippen LogP contribution >= 0.6 is 0 Å². The van der Waals surface area contributed by atoms with Crippen LogP contribution in [0.5, 0.6) is 0 Å². The minimum Gasteiger partial charge on any atom is -0.332 e. The van der Waals surface area contributed by atoms with E-state index in [2.05, 4.69) is 25.3 Å². The molecule has 4 rings (SSSR count). The molecule has 3 aromatic rings. The maximum atomic E-state index is 12.9. The lowest BCUT2D eigenvalue weighted by Gasteiger charge is -2.36. The zero-order chi connectivity index (χ0) is 18.5. The highest BCUT2D eigenvalue weighted by atomic mass is 16.2. The van der Waals surface area contributed by atoms with Crippen molar-refractivity contribution in [3.63, 3.8) is 0 Å². The number of hydrogen-bond acceptors (Lipinski definition) is 6. The molecule has 0 saturated carbocycles. The van der Waals surface area contributed by atoms with Gasteiger partial charge in [0.1, 0.15) is 5.82 Å². The van der Waals surface area contributed by atoms with Gasteiger partial charge in [-0.05, 0) is 49.1 Å². The summed E-state index contributed by atoms with van der Waals surface area (Å²) in [7, 11) is 0. The molecule has 27 heavy (non-hydrogen) atoms.